The Balaban J connectivity index is 2.90. The molecule has 0 spiro atoms. The Labute approximate surface area is 130 Å². The Bertz CT molecular complexity index is 381. The number of benzene rings is 1. The van der Waals surface area contributed by atoms with Crippen LogP contribution < -0.4 is 16.0 Å². The fourth-order valence-corrected chi connectivity index (χ4v) is 2.18. The van der Waals surface area contributed by atoms with Gasteiger partial charge in [-0.3, -0.25) is 0 Å². The second-order valence-electron chi connectivity index (χ2n) is 6.66. The second kappa shape index (κ2) is 9.19. The molecule has 0 saturated heterocycles. The Morgan fingerprint density at radius 2 is 1.05 bits per heavy atom. The molecular weight excluding hydrogens is 258 g/mol. The maximum Gasteiger partial charge on any atom is 0.0214 e. The molecule has 1 rings (SSSR count). The standard InChI is InChI=1S/C18H33N3/c1-13(2)19-10-16-8-7-9-17(11-20-14(3)4)18(16)12-21-15(5)6/h7-9,13-15,19-21H,10-12H2,1-6H3. The van der Waals surface area contributed by atoms with Gasteiger partial charge in [-0.05, 0) is 16.7 Å². The maximum absolute atomic E-state index is 3.56. The molecule has 0 radical (unpaired) electrons. The van der Waals surface area contributed by atoms with Crippen LogP contribution in [0.5, 0.6) is 0 Å². The molecule has 3 N–H and O–H groups in total. The van der Waals surface area contributed by atoms with Crippen molar-refractivity contribution in [3.8, 4) is 0 Å². The third-order valence-electron chi connectivity index (χ3n) is 3.46. The Morgan fingerprint density at radius 1 is 0.667 bits per heavy atom. The van der Waals surface area contributed by atoms with Crippen LogP contribution >= 0.6 is 0 Å². The predicted octanol–water partition coefficient (Wildman–Crippen LogP) is 3.18. The minimum Gasteiger partial charge on any atom is -0.310 e. The van der Waals surface area contributed by atoms with Crippen LogP contribution in [0.2, 0.25) is 0 Å². The highest BCUT2D eigenvalue weighted by molar-refractivity contribution is 5.35. The van der Waals surface area contributed by atoms with E-state index in [-0.39, 0.29) is 0 Å². The van der Waals surface area contributed by atoms with Gasteiger partial charge in [-0.2, -0.15) is 0 Å². The molecule has 0 bridgehead atoms. The van der Waals surface area contributed by atoms with Gasteiger partial charge in [0.2, 0.25) is 0 Å². The van der Waals surface area contributed by atoms with Crippen LogP contribution in [0.4, 0.5) is 0 Å². The van der Waals surface area contributed by atoms with Crippen LogP contribution in [0.3, 0.4) is 0 Å². The van der Waals surface area contributed by atoms with Crippen molar-refractivity contribution in [3.05, 3.63) is 34.9 Å². The van der Waals surface area contributed by atoms with Gasteiger partial charge in [0.05, 0.1) is 0 Å². The molecule has 0 aliphatic heterocycles. The minimum atomic E-state index is 0.502. The van der Waals surface area contributed by atoms with Crippen molar-refractivity contribution >= 4 is 0 Å². The summed E-state index contributed by atoms with van der Waals surface area (Å²) < 4.78 is 0. The molecule has 0 fully saturated rings. The van der Waals surface area contributed by atoms with Gasteiger partial charge in [-0.15, -0.1) is 0 Å². The third kappa shape index (κ3) is 7.07. The van der Waals surface area contributed by atoms with E-state index in [0.717, 1.165) is 19.6 Å². The quantitative estimate of drug-likeness (QED) is 0.654. The van der Waals surface area contributed by atoms with Gasteiger partial charge in [-0.1, -0.05) is 59.7 Å². The zero-order valence-corrected chi connectivity index (χ0v) is 14.6. The number of hydrogen-bond acceptors (Lipinski definition) is 3. The first kappa shape index (κ1) is 18.1. The average molecular weight is 291 g/mol. The lowest BCUT2D eigenvalue weighted by atomic mass is 9.99. The van der Waals surface area contributed by atoms with Crippen molar-refractivity contribution in [1.29, 1.82) is 0 Å². The van der Waals surface area contributed by atoms with Crippen molar-refractivity contribution in [3.63, 3.8) is 0 Å². The van der Waals surface area contributed by atoms with E-state index in [0.29, 0.717) is 18.1 Å². The van der Waals surface area contributed by atoms with Crippen LogP contribution in [0.15, 0.2) is 18.2 Å². The number of hydrogen-bond donors (Lipinski definition) is 3. The summed E-state index contributed by atoms with van der Waals surface area (Å²) in [4.78, 5) is 0. The van der Waals surface area contributed by atoms with E-state index < -0.39 is 0 Å². The van der Waals surface area contributed by atoms with E-state index in [1.54, 1.807) is 0 Å². The molecule has 0 atom stereocenters. The zero-order chi connectivity index (χ0) is 15.8. The predicted molar refractivity (Wildman–Crippen MR) is 92.4 cm³/mol. The summed E-state index contributed by atoms with van der Waals surface area (Å²) >= 11 is 0. The van der Waals surface area contributed by atoms with E-state index in [1.165, 1.54) is 16.7 Å². The highest BCUT2D eigenvalue weighted by atomic mass is 14.9. The molecule has 3 nitrogen and oxygen atoms in total. The smallest absolute Gasteiger partial charge is 0.0214 e. The summed E-state index contributed by atoms with van der Waals surface area (Å²) in [5.74, 6) is 0. The van der Waals surface area contributed by atoms with Crippen molar-refractivity contribution in [2.75, 3.05) is 0 Å². The molecule has 0 aliphatic carbocycles. The van der Waals surface area contributed by atoms with Crippen LogP contribution in [0.1, 0.15) is 58.2 Å². The molecule has 0 amide bonds. The molecule has 1 aromatic carbocycles. The van der Waals surface area contributed by atoms with Gasteiger partial charge in [0.1, 0.15) is 0 Å². The number of rotatable bonds is 9. The molecule has 0 aromatic heterocycles. The Hall–Kier alpha value is -0.900. The lowest BCUT2D eigenvalue weighted by Crippen LogP contribution is -2.28. The molecule has 0 aliphatic rings. The van der Waals surface area contributed by atoms with Gasteiger partial charge in [0.25, 0.3) is 0 Å². The SMILES string of the molecule is CC(C)NCc1cccc(CNC(C)C)c1CNC(C)C. The summed E-state index contributed by atoms with van der Waals surface area (Å²) in [7, 11) is 0. The van der Waals surface area contributed by atoms with Crippen LogP contribution in [-0.4, -0.2) is 18.1 Å². The van der Waals surface area contributed by atoms with E-state index in [9.17, 15) is 0 Å². The lowest BCUT2D eigenvalue weighted by molar-refractivity contribution is 0.554. The third-order valence-corrected chi connectivity index (χ3v) is 3.46. The van der Waals surface area contributed by atoms with Crippen molar-refractivity contribution < 1.29 is 0 Å². The molecule has 21 heavy (non-hydrogen) atoms. The zero-order valence-electron chi connectivity index (χ0n) is 14.6. The largest absolute Gasteiger partial charge is 0.310 e. The Kier molecular flexibility index (Phi) is 7.94. The normalized spacial score (nSPS) is 11.9. The summed E-state index contributed by atoms with van der Waals surface area (Å²) in [6, 6.07) is 8.17. The van der Waals surface area contributed by atoms with Crippen molar-refractivity contribution in [1.82, 2.24) is 16.0 Å². The van der Waals surface area contributed by atoms with Gasteiger partial charge >= 0.3 is 0 Å². The van der Waals surface area contributed by atoms with E-state index in [1.807, 2.05) is 0 Å². The fraction of sp³-hybridized carbons (Fsp3) is 0.667. The van der Waals surface area contributed by atoms with Gasteiger partial charge < -0.3 is 16.0 Å². The van der Waals surface area contributed by atoms with E-state index in [2.05, 4.69) is 75.7 Å². The Morgan fingerprint density at radius 3 is 1.43 bits per heavy atom. The first-order chi connectivity index (χ1) is 9.90. The maximum atomic E-state index is 3.56. The molecule has 0 unspecified atom stereocenters. The second-order valence-corrected chi connectivity index (χ2v) is 6.66. The fourth-order valence-electron chi connectivity index (χ4n) is 2.18. The van der Waals surface area contributed by atoms with Crippen LogP contribution in [-0.2, 0) is 19.6 Å². The van der Waals surface area contributed by atoms with Gasteiger partial charge in [-0.25, -0.2) is 0 Å². The highest BCUT2D eigenvalue weighted by Crippen LogP contribution is 2.16. The van der Waals surface area contributed by atoms with Crippen molar-refractivity contribution in [2.45, 2.75) is 79.3 Å². The molecular formula is C18H33N3. The summed E-state index contributed by atoms with van der Waals surface area (Å²) in [6.07, 6.45) is 0. The van der Waals surface area contributed by atoms with E-state index >= 15 is 0 Å². The van der Waals surface area contributed by atoms with Crippen LogP contribution in [0.25, 0.3) is 0 Å². The molecule has 0 saturated carbocycles. The number of nitrogens with one attached hydrogen (secondary N) is 3. The monoisotopic (exact) mass is 291 g/mol. The topological polar surface area (TPSA) is 36.1 Å². The first-order valence-electron chi connectivity index (χ1n) is 8.20. The summed E-state index contributed by atoms with van der Waals surface area (Å²) in [6.45, 7) is 16.0. The lowest BCUT2D eigenvalue weighted by Gasteiger charge is -2.19. The molecule has 120 valence electrons. The van der Waals surface area contributed by atoms with Gasteiger partial charge in [0, 0.05) is 37.8 Å². The highest BCUT2D eigenvalue weighted by Gasteiger charge is 2.09. The van der Waals surface area contributed by atoms with E-state index in [4.69, 9.17) is 0 Å². The summed E-state index contributed by atoms with van der Waals surface area (Å²) in [5, 5.41) is 10.6. The molecule has 0 heterocycles. The average Bonchev–Trinajstić information content (AvgIpc) is 2.40. The first-order valence-corrected chi connectivity index (χ1v) is 8.20. The van der Waals surface area contributed by atoms with Crippen LogP contribution in [0, 0.1) is 0 Å². The van der Waals surface area contributed by atoms with Gasteiger partial charge in [0.15, 0.2) is 0 Å². The summed E-state index contributed by atoms with van der Waals surface area (Å²) in [5.41, 5.74) is 4.24. The molecule has 3 heteroatoms. The molecule has 1 aromatic rings. The van der Waals surface area contributed by atoms with Crippen molar-refractivity contribution in [2.24, 2.45) is 0 Å². The minimum absolute atomic E-state index is 0.502.